The van der Waals surface area contributed by atoms with E-state index in [0.717, 1.165) is 35.7 Å². The molecule has 6 heteroatoms. The summed E-state index contributed by atoms with van der Waals surface area (Å²) in [6, 6.07) is 22.8. The maximum atomic E-state index is 12.6. The lowest BCUT2D eigenvalue weighted by Gasteiger charge is -2.28. The van der Waals surface area contributed by atoms with Crippen LogP contribution in [0.2, 0.25) is 0 Å². The van der Waals surface area contributed by atoms with Crippen LogP contribution in [0, 0.1) is 6.92 Å². The molecule has 0 unspecified atom stereocenters. The van der Waals surface area contributed by atoms with Crippen LogP contribution in [0.25, 0.3) is 0 Å². The first kappa shape index (κ1) is 22.4. The van der Waals surface area contributed by atoms with Gasteiger partial charge in [0.1, 0.15) is 0 Å². The monoisotopic (exact) mass is 442 g/mol. The van der Waals surface area contributed by atoms with E-state index in [2.05, 4.69) is 33.0 Å². The smallest absolute Gasteiger partial charge is 0.255 e. The number of benzene rings is 3. The van der Waals surface area contributed by atoms with E-state index in [0.29, 0.717) is 5.56 Å². The van der Waals surface area contributed by atoms with Gasteiger partial charge in [-0.3, -0.25) is 9.59 Å². The summed E-state index contributed by atoms with van der Waals surface area (Å²) >= 11 is 0. The first-order valence-corrected chi connectivity index (χ1v) is 11.4. The number of carbonyl (C=O) groups excluding carboxylic acids is 2. The number of anilines is 4. The fourth-order valence-electron chi connectivity index (χ4n) is 3.97. The van der Waals surface area contributed by atoms with Crippen LogP contribution in [-0.2, 0) is 4.79 Å². The Balaban J connectivity index is 1.32. The molecule has 0 aliphatic carbocycles. The Kier molecular flexibility index (Phi) is 7.25. The zero-order valence-corrected chi connectivity index (χ0v) is 18.9. The molecule has 0 radical (unpaired) electrons. The van der Waals surface area contributed by atoms with Gasteiger partial charge in [0.05, 0.1) is 6.54 Å². The second kappa shape index (κ2) is 10.7. The number of rotatable bonds is 7. The molecule has 0 atom stereocenters. The topological polar surface area (TPSA) is 73.5 Å². The molecule has 33 heavy (non-hydrogen) atoms. The Labute approximate surface area is 195 Å². The predicted octanol–water partition coefficient (Wildman–Crippen LogP) is 5.29. The lowest BCUT2D eigenvalue weighted by atomic mass is 10.1. The zero-order valence-electron chi connectivity index (χ0n) is 18.9. The van der Waals surface area contributed by atoms with Crippen LogP contribution in [-0.4, -0.2) is 31.4 Å². The number of carbonyl (C=O) groups is 2. The average molecular weight is 443 g/mol. The van der Waals surface area contributed by atoms with Crippen molar-refractivity contribution in [2.75, 3.05) is 40.5 Å². The Hall–Kier alpha value is -3.80. The highest BCUT2D eigenvalue weighted by molar-refractivity contribution is 6.05. The second-order valence-corrected chi connectivity index (χ2v) is 8.35. The molecule has 2 amide bonds. The molecule has 6 nitrogen and oxygen atoms in total. The molecule has 1 aliphatic heterocycles. The highest BCUT2D eigenvalue weighted by Gasteiger charge is 2.12. The van der Waals surface area contributed by atoms with Crippen molar-refractivity contribution in [3.8, 4) is 0 Å². The summed E-state index contributed by atoms with van der Waals surface area (Å²) in [6.45, 7) is 4.24. The molecule has 0 aromatic heterocycles. The number of amides is 2. The van der Waals surface area contributed by atoms with E-state index in [4.69, 9.17) is 0 Å². The SMILES string of the molecule is Cc1ccc(C(=O)Nc2ccccc2)cc1NCC(=O)Nc1ccc(N2CCCCC2)cc1. The zero-order chi connectivity index (χ0) is 23.0. The van der Waals surface area contributed by atoms with Crippen LogP contribution in [0.4, 0.5) is 22.7 Å². The third-order valence-corrected chi connectivity index (χ3v) is 5.84. The van der Waals surface area contributed by atoms with E-state index >= 15 is 0 Å². The Morgan fingerprint density at radius 1 is 0.818 bits per heavy atom. The average Bonchev–Trinajstić information content (AvgIpc) is 2.85. The molecule has 0 bridgehead atoms. The molecule has 0 saturated carbocycles. The van der Waals surface area contributed by atoms with Crippen molar-refractivity contribution in [3.63, 3.8) is 0 Å². The van der Waals surface area contributed by atoms with Crippen molar-refractivity contribution in [1.82, 2.24) is 0 Å². The summed E-state index contributed by atoms with van der Waals surface area (Å²) in [4.78, 5) is 27.4. The number of hydrogen-bond donors (Lipinski definition) is 3. The third kappa shape index (κ3) is 6.13. The Morgan fingerprint density at radius 2 is 1.52 bits per heavy atom. The largest absolute Gasteiger partial charge is 0.376 e. The maximum absolute atomic E-state index is 12.6. The third-order valence-electron chi connectivity index (χ3n) is 5.84. The molecule has 1 saturated heterocycles. The normalized spacial score (nSPS) is 13.3. The van der Waals surface area contributed by atoms with Gasteiger partial charge in [0.15, 0.2) is 0 Å². The summed E-state index contributed by atoms with van der Waals surface area (Å²) < 4.78 is 0. The van der Waals surface area contributed by atoms with Crippen molar-refractivity contribution in [2.45, 2.75) is 26.2 Å². The van der Waals surface area contributed by atoms with E-state index in [9.17, 15) is 9.59 Å². The van der Waals surface area contributed by atoms with Gasteiger partial charge in [-0.25, -0.2) is 0 Å². The van der Waals surface area contributed by atoms with Gasteiger partial charge in [-0.05, 0) is 80.3 Å². The molecule has 4 rings (SSSR count). The van der Waals surface area contributed by atoms with Gasteiger partial charge >= 0.3 is 0 Å². The molecular weight excluding hydrogens is 412 g/mol. The van der Waals surface area contributed by atoms with Gasteiger partial charge in [-0.2, -0.15) is 0 Å². The fourth-order valence-corrected chi connectivity index (χ4v) is 3.97. The number of piperidine rings is 1. The predicted molar refractivity (Wildman–Crippen MR) is 135 cm³/mol. The Morgan fingerprint density at radius 3 is 2.24 bits per heavy atom. The summed E-state index contributed by atoms with van der Waals surface area (Å²) in [5, 5.41) is 8.97. The molecule has 0 spiro atoms. The van der Waals surface area contributed by atoms with E-state index < -0.39 is 0 Å². The van der Waals surface area contributed by atoms with Crippen molar-refractivity contribution in [2.24, 2.45) is 0 Å². The minimum absolute atomic E-state index is 0.110. The van der Waals surface area contributed by atoms with Crippen LogP contribution in [0.1, 0.15) is 35.2 Å². The summed E-state index contributed by atoms with van der Waals surface area (Å²) in [7, 11) is 0. The maximum Gasteiger partial charge on any atom is 0.255 e. The fraction of sp³-hybridized carbons (Fsp3) is 0.259. The first-order valence-electron chi connectivity index (χ1n) is 11.4. The lowest BCUT2D eigenvalue weighted by molar-refractivity contribution is -0.114. The lowest BCUT2D eigenvalue weighted by Crippen LogP contribution is -2.29. The van der Waals surface area contributed by atoms with E-state index in [1.165, 1.54) is 24.9 Å². The minimum Gasteiger partial charge on any atom is -0.376 e. The van der Waals surface area contributed by atoms with Crippen LogP contribution in [0.15, 0.2) is 72.8 Å². The standard InChI is InChI=1S/C27H30N4O2/c1-20-10-11-21(27(33)30-22-8-4-2-5-9-22)18-25(20)28-19-26(32)29-23-12-14-24(15-13-23)31-16-6-3-7-17-31/h2,4-5,8-15,18,28H,3,6-7,16-17,19H2,1H3,(H,29,32)(H,30,33). The van der Waals surface area contributed by atoms with Gasteiger partial charge in [-0.1, -0.05) is 24.3 Å². The van der Waals surface area contributed by atoms with Crippen molar-refractivity contribution >= 4 is 34.6 Å². The number of nitrogens with zero attached hydrogens (tertiary/aromatic N) is 1. The number of para-hydroxylation sites is 1. The van der Waals surface area contributed by atoms with E-state index in [1.807, 2.05) is 55.5 Å². The molecule has 1 aliphatic rings. The van der Waals surface area contributed by atoms with Crippen molar-refractivity contribution < 1.29 is 9.59 Å². The highest BCUT2D eigenvalue weighted by atomic mass is 16.2. The quantitative estimate of drug-likeness (QED) is 0.465. The molecule has 3 aromatic carbocycles. The number of aryl methyl sites for hydroxylation is 1. The second-order valence-electron chi connectivity index (χ2n) is 8.35. The summed E-state index contributed by atoms with van der Waals surface area (Å²) in [5.41, 5.74) is 4.96. The summed E-state index contributed by atoms with van der Waals surface area (Å²) in [5.74, 6) is -0.332. The first-order chi connectivity index (χ1) is 16.1. The molecule has 1 heterocycles. The van der Waals surface area contributed by atoms with Gasteiger partial charge in [0.25, 0.3) is 5.91 Å². The van der Waals surface area contributed by atoms with Crippen LogP contribution in [0.3, 0.4) is 0 Å². The van der Waals surface area contributed by atoms with Gasteiger partial charge in [0.2, 0.25) is 5.91 Å². The van der Waals surface area contributed by atoms with Crippen LogP contribution in [0.5, 0.6) is 0 Å². The highest BCUT2D eigenvalue weighted by Crippen LogP contribution is 2.22. The summed E-state index contributed by atoms with van der Waals surface area (Å²) in [6.07, 6.45) is 3.77. The number of hydrogen-bond acceptors (Lipinski definition) is 4. The van der Waals surface area contributed by atoms with Crippen molar-refractivity contribution in [3.05, 3.63) is 83.9 Å². The van der Waals surface area contributed by atoms with Gasteiger partial charge in [0, 0.05) is 41.4 Å². The molecule has 170 valence electrons. The Bertz CT molecular complexity index is 1090. The molecular formula is C27H30N4O2. The van der Waals surface area contributed by atoms with Crippen LogP contribution >= 0.6 is 0 Å². The number of nitrogens with one attached hydrogen (secondary N) is 3. The molecule has 1 fully saturated rings. The van der Waals surface area contributed by atoms with Gasteiger partial charge in [-0.15, -0.1) is 0 Å². The van der Waals surface area contributed by atoms with E-state index in [1.54, 1.807) is 12.1 Å². The molecule has 3 aromatic rings. The minimum atomic E-state index is -0.192. The van der Waals surface area contributed by atoms with Crippen LogP contribution < -0.4 is 20.9 Å². The molecule has 3 N–H and O–H groups in total. The van der Waals surface area contributed by atoms with Crippen molar-refractivity contribution in [1.29, 1.82) is 0 Å². The van der Waals surface area contributed by atoms with Gasteiger partial charge < -0.3 is 20.9 Å². The van der Waals surface area contributed by atoms with E-state index in [-0.39, 0.29) is 18.4 Å².